The molecular weight excluding hydrogens is 120 g/mol. The summed E-state index contributed by atoms with van der Waals surface area (Å²) in [4.78, 5) is 0. The van der Waals surface area contributed by atoms with Gasteiger partial charge in [-0.05, 0) is 25.7 Å². The average molecular weight is 142 g/mol. The molecule has 0 aromatic heterocycles. The van der Waals surface area contributed by atoms with Crippen LogP contribution in [0.2, 0.25) is 0 Å². The van der Waals surface area contributed by atoms with E-state index in [-0.39, 0.29) is 0 Å². The number of allylic oxidation sites excluding steroid dienone is 1. The van der Waals surface area contributed by atoms with Crippen LogP contribution >= 0.6 is 0 Å². The first kappa shape index (κ1) is 12.4. The Balaban J connectivity index is 0. The molecule has 0 heterocycles. The van der Waals surface area contributed by atoms with E-state index in [2.05, 4.69) is 27.4 Å². The van der Waals surface area contributed by atoms with Gasteiger partial charge in [0.15, 0.2) is 0 Å². The third-order valence-electron chi connectivity index (χ3n) is 1.15. The van der Waals surface area contributed by atoms with E-state index in [1.807, 2.05) is 13.8 Å². The van der Waals surface area contributed by atoms with E-state index in [4.69, 9.17) is 0 Å². The Morgan fingerprint density at radius 3 is 1.80 bits per heavy atom. The van der Waals surface area contributed by atoms with E-state index in [0.29, 0.717) is 0 Å². The van der Waals surface area contributed by atoms with Crippen LogP contribution in [0.15, 0.2) is 12.2 Å². The van der Waals surface area contributed by atoms with E-state index in [1.165, 1.54) is 18.4 Å². The molecule has 0 aliphatic carbocycles. The van der Waals surface area contributed by atoms with E-state index >= 15 is 0 Å². The Hall–Kier alpha value is -0.260. The van der Waals surface area contributed by atoms with Crippen LogP contribution in [0.25, 0.3) is 0 Å². The molecule has 0 nitrogen and oxygen atoms in total. The first-order valence-corrected chi connectivity index (χ1v) is 4.27. The molecule has 0 unspecified atom stereocenters. The van der Waals surface area contributed by atoms with Crippen LogP contribution in [0.5, 0.6) is 0 Å². The molecule has 0 aromatic rings. The quantitative estimate of drug-likeness (QED) is 0.522. The lowest BCUT2D eigenvalue weighted by Crippen LogP contribution is -1.85. The smallest absolute Gasteiger partial charge is 0.0323 e. The summed E-state index contributed by atoms with van der Waals surface area (Å²) >= 11 is 0. The molecule has 0 heteroatoms. The third kappa shape index (κ3) is 15.6. The highest BCUT2D eigenvalue weighted by Crippen LogP contribution is 2.07. The van der Waals surface area contributed by atoms with Gasteiger partial charge in [0.2, 0.25) is 0 Å². The zero-order valence-corrected chi connectivity index (χ0v) is 8.20. The molecule has 0 saturated heterocycles. The highest BCUT2D eigenvalue weighted by atomic mass is 14.0. The molecule has 0 atom stereocenters. The van der Waals surface area contributed by atoms with Gasteiger partial charge in [-0.3, -0.25) is 0 Å². The van der Waals surface area contributed by atoms with Crippen molar-refractivity contribution >= 4 is 0 Å². The zero-order chi connectivity index (χ0) is 8.57. The summed E-state index contributed by atoms with van der Waals surface area (Å²) in [6, 6.07) is 0. The summed E-state index contributed by atoms with van der Waals surface area (Å²) < 4.78 is 0. The van der Waals surface area contributed by atoms with Crippen molar-refractivity contribution in [3.05, 3.63) is 12.2 Å². The molecule has 0 fully saturated rings. The van der Waals surface area contributed by atoms with Gasteiger partial charge in [0, 0.05) is 0 Å². The summed E-state index contributed by atoms with van der Waals surface area (Å²) in [7, 11) is 0. The van der Waals surface area contributed by atoms with Crippen molar-refractivity contribution in [2.75, 3.05) is 0 Å². The predicted molar refractivity (Wildman–Crippen MR) is 50.2 cm³/mol. The van der Waals surface area contributed by atoms with Gasteiger partial charge < -0.3 is 0 Å². The van der Waals surface area contributed by atoms with Crippen molar-refractivity contribution in [2.45, 2.75) is 47.5 Å². The van der Waals surface area contributed by atoms with Gasteiger partial charge in [0.05, 0.1) is 0 Å². The van der Waals surface area contributed by atoms with Gasteiger partial charge in [0.25, 0.3) is 0 Å². The topological polar surface area (TPSA) is 0 Å². The van der Waals surface area contributed by atoms with Crippen LogP contribution in [0.3, 0.4) is 0 Å². The largest absolute Gasteiger partial charge is 0.100 e. The average Bonchev–Trinajstić information content (AvgIpc) is 1.89. The third-order valence-corrected chi connectivity index (χ3v) is 1.15. The van der Waals surface area contributed by atoms with Gasteiger partial charge >= 0.3 is 0 Å². The Morgan fingerprint density at radius 2 is 1.70 bits per heavy atom. The normalized spacial score (nSPS) is 8.60. The second-order valence-corrected chi connectivity index (χ2v) is 2.89. The first-order valence-electron chi connectivity index (χ1n) is 4.27. The van der Waals surface area contributed by atoms with Crippen LogP contribution in [0, 0.1) is 5.92 Å². The maximum absolute atomic E-state index is 3.83. The molecule has 0 saturated carbocycles. The summed E-state index contributed by atoms with van der Waals surface area (Å²) in [6.07, 6.45) is 2.48. The molecule has 0 bridgehead atoms. The lowest BCUT2D eigenvalue weighted by atomic mass is 10.1. The molecule has 10 heavy (non-hydrogen) atoms. The van der Waals surface area contributed by atoms with Crippen LogP contribution < -0.4 is 0 Å². The van der Waals surface area contributed by atoms with E-state index in [9.17, 15) is 0 Å². The summed E-state index contributed by atoms with van der Waals surface area (Å²) in [6.45, 7) is 14.4. The zero-order valence-electron chi connectivity index (χ0n) is 8.20. The fourth-order valence-corrected chi connectivity index (χ4v) is 0.535. The molecule has 0 radical (unpaired) electrons. The van der Waals surface area contributed by atoms with Crippen molar-refractivity contribution in [3.8, 4) is 0 Å². The van der Waals surface area contributed by atoms with E-state index in [1.54, 1.807) is 0 Å². The van der Waals surface area contributed by atoms with Crippen molar-refractivity contribution in [2.24, 2.45) is 5.92 Å². The van der Waals surface area contributed by atoms with Crippen molar-refractivity contribution in [1.82, 2.24) is 0 Å². The molecule has 0 aliphatic heterocycles. The second-order valence-electron chi connectivity index (χ2n) is 2.89. The van der Waals surface area contributed by atoms with Crippen LogP contribution in [-0.2, 0) is 0 Å². The highest BCUT2D eigenvalue weighted by Gasteiger charge is 1.91. The number of hydrogen-bond donors (Lipinski definition) is 0. The van der Waals surface area contributed by atoms with Crippen molar-refractivity contribution < 1.29 is 0 Å². The Labute approximate surface area is 66.3 Å². The van der Waals surface area contributed by atoms with Gasteiger partial charge in [-0.2, -0.15) is 0 Å². The number of hydrogen-bond acceptors (Lipinski definition) is 0. The van der Waals surface area contributed by atoms with E-state index < -0.39 is 0 Å². The summed E-state index contributed by atoms with van der Waals surface area (Å²) in [5, 5.41) is 0. The van der Waals surface area contributed by atoms with Gasteiger partial charge in [-0.25, -0.2) is 0 Å². The minimum Gasteiger partial charge on any atom is -0.100 e. The van der Waals surface area contributed by atoms with Crippen molar-refractivity contribution in [3.63, 3.8) is 0 Å². The standard InChI is InChI=1S/C8H16.C2H6/c1-7(2)5-6-8(3)4;1-2/h8H,1,5-6H2,2-4H3;1-2H3. The Morgan fingerprint density at radius 1 is 1.30 bits per heavy atom. The minimum absolute atomic E-state index is 0.826. The van der Waals surface area contributed by atoms with Gasteiger partial charge in [0.1, 0.15) is 0 Å². The Bertz CT molecular complexity index is 70.1. The van der Waals surface area contributed by atoms with Crippen LogP contribution in [0.1, 0.15) is 47.5 Å². The molecule has 0 aromatic carbocycles. The van der Waals surface area contributed by atoms with E-state index in [0.717, 1.165) is 5.92 Å². The highest BCUT2D eigenvalue weighted by molar-refractivity contribution is 4.87. The first-order chi connectivity index (χ1) is 4.63. The van der Waals surface area contributed by atoms with Gasteiger partial charge in [-0.1, -0.05) is 33.3 Å². The molecule has 0 spiro atoms. The monoisotopic (exact) mass is 142 g/mol. The maximum Gasteiger partial charge on any atom is -0.0323 e. The molecular formula is C10H22. The molecule has 0 rings (SSSR count). The van der Waals surface area contributed by atoms with Crippen LogP contribution in [-0.4, -0.2) is 0 Å². The molecule has 0 aliphatic rings. The fraction of sp³-hybridized carbons (Fsp3) is 0.800. The lowest BCUT2D eigenvalue weighted by Gasteiger charge is -2.01. The molecule has 0 amide bonds. The fourth-order valence-electron chi connectivity index (χ4n) is 0.535. The van der Waals surface area contributed by atoms with Gasteiger partial charge in [-0.15, -0.1) is 6.58 Å². The lowest BCUT2D eigenvalue weighted by molar-refractivity contribution is 0.585. The second kappa shape index (κ2) is 8.74. The van der Waals surface area contributed by atoms with Crippen molar-refractivity contribution in [1.29, 1.82) is 0 Å². The minimum atomic E-state index is 0.826. The molecule has 62 valence electrons. The predicted octanol–water partition coefficient (Wildman–Crippen LogP) is 4.02. The maximum atomic E-state index is 3.83. The SMILES string of the molecule is C=C(C)CCC(C)C.CC. The molecule has 0 N–H and O–H groups in total. The summed E-state index contributed by atoms with van der Waals surface area (Å²) in [5.74, 6) is 0.826. The van der Waals surface area contributed by atoms with Crippen LogP contribution in [0.4, 0.5) is 0 Å². The number of rotatable bonds is 3. The summed E-state index contributed by atoms with van der Waals surface area (Å²) in [5.41, 5.74) is 1.30. The Kier molecular flexibility index (Phi) is 10.9.